The second kappa shape index (κ2) is 6.71. The lowest BCUT2D eigenvalue weighted by Crippen LogP contribution is -2.10. The Bertz CT molecular complexity index is 629. The number of aliphatic hydroxyl groups excluding tert-OH is 1. The van der Waals surface area contributed by atoms with Crippen LogP contribution in [-0.4, -0.2) is 34.9 Å². The van der Waals surface area contributed by atoms with E-state index in [-0.39, 0.29) is 17.9 Å². The van der Waals surface area contributed by atoms with Gasteiger partial charge >= 0.3 is 5.97 Å². The maximum atomic E-state index is 10.8. The Kier molecular flexibility index (Phi) is 4.73. The van der Waals surface area contributed by atoms with E-state index in [4.69, 9.17) is 14.6 Å². The molecule has 1 heterocycles. The first kappa shape index (κ1) is 14.8. The summed E-state index contributed by atoms with van der Waals surface area (Å²) in [6, 6.07) is 8.36. The summed E-state index contributed by atoms with van der Waals surface area (Å²) in [6.07, 6.45) is 1.77. The van der Waals surface area contributed by atoms with Crippen LogP contribution in [0.25, 0.3) is 0 Å². The maximum absolute atomic E-state index is 10.8. The fourth-order valence-corrected chi connectivity index (χ4v) is 1.73. The number of hydrogen-bond donors (Lipinski definition) is 2. The summed E-state index contributed by atoms with van der Waals surface area (Å²) in [4.78, 5) is 14.6. The van der Waals surface area contributed by atoms with Gasteiger partial charge in [-0.05, 0) is 23.8 Å². The van der Waals surface area contributed by atoms with Crippen molar-refractivity contribution in [1.29, 1.82) is 0 Å². The lowest BCUT2D eigenvalue weighted by molar-refractivity contribution is 0.0695. The van der Waals surface area contributed by atoms with Crippen molar-refractivity contribution in [3.05, 3.63) is 53.9 Å². The minimum atomic E-state index is -1.08. The largest absolute Gasteiger partial charge is 0.497 e. The summed E-state index contributed by atoms with van der Waals surface area (Å²) < 4.78 is 10.5. The van der Waals surface area contributed by atoms with Gasteiger partial charge in [0.05, 0.1) is 18.9 Å². The van der Waals surface area contributed by atoms with Gasteiger partial charge in [0.15, 0.2) is 0 Å². The number of ether oxygens (including phenoxy) is 2. The number of aliphatic hydroxyl groups is 1. The van der Waals surface area contributed by atoms with Crippen molar-refractivity contribution in [2.45, 2.75) is 6.10 Å². The lowest BCUT2D eigenvalue weighted by atomic mass is 10.1. The van der Waals surface area contributed by atoms with Gasteiger partial charge < -0.3 is 19.7 Å². The van der Waals surface area contributed by atoms with Crippen molar-refractivity contribution in [1.82, 2.24) is 4.98 Å². The molecule has 2 aromatic rings. The summed E-state index contributed by atoms with van der Waals surface area (Å²) in [5.41, 5.74) is 0.681. The van der Waals surface area contributed by atoms with Crippen LogP contribution in [0.15, 0.2) is 42.7 Å². The molecule has 1 aromatic carbocycles. The molecule has 0 spiro atoms. The number of pyridine rings is 1. The van der Waals surface area contributed by atoms with Crippen molar-refractivity contribution in [2.75, 3.05) is 13.7 Å². The number of carboxylic acids is 1. The summed E-state index contributed by atoms with van der Waals surface area (Å²) in [5.74, 6) is -0.153. The fourth-order valence-electron chi connectivity index (χ4n) is 1.73. The topological polar surface area (TPSA) is 88.9 Å². The molecule has 0 amide bonds. The quantitative estimate of drug-likeness (QED) is 0.844. The number of methoxy groups -OCH3 is 1. The summed E-state index contributed by atoms with van der Waals surface area (Å²) >= 11 is 0. The van der Waals surface area contributed by atoms with Gasteiger partial charge in [-0.15, -0.1) is 0 Å². The predicted molar refractivity (Wildman–Crippen MR) is 74.6 cm³/mol. The van der Waals surface area contributed by atoms with Crippen LogP contribution in [-0.2, 0) is 0 Å². The highest BCUT2D eigenvalue weighted by molar-refractivity contribution is 5.87. The van der Waals surface area contributed by atoms with Crippen LogP contribution in [0, 0.1) is 0 Å². The van der Waals surface area contributed by atoms with Crippen LogP contribution in [0.2, 0.25) is 0 Å². The molecule has 0 aliphatic carbocycles. The highest BCUT2D eigenvalue weighted by Crippen LogP contribution is 2.20. The van der Waals surface area contributed by atoms with Crippen molar-refractivity contribution >= 4 is 5.97 Å². The molecule has 0 radical (unpaired) electrons. The SMILES string of the molecule is COc1cccc(C(O)COc2cncc(C(=O)O)c2)c1. The third-order valence-electron chi connectivity index (χ3n) is 2.85. The standard InChI is InChI=1S/C15H15NO5/c1-20-12-4-2-3-10(5-12)14(17)9-21-13-6-11(15(18)19)7-16-8-13/h2-8,14,17H,9H2,1H3,(H,18,19). The van der Waals surface area contributed by atoms with E-state index >= 15 is 0 Å². The van der Waals surface area contributed by atoms with Gasteiger partial charge in [-0.1, -0.05) is 12.1 Å². The van der Waals surface area contributed by atoms with Gasteiger partial charge in [0.1, 0.15) is 24.2 Å². The maximum Gasteiger partial charge on any atom is 0.337 e. The monoisotopic (exact) mass is 289 g/mol. The second-order valence-corrected chi connectivity index (χ2v) is 4.32. The molecule has 6 heteroatoms. The molecule has 2 N–H and O–H groups in total. The Labute approximate surface area is 121 Å². The molecule has 0 saturated heterocycles. The molecule has 0 fully saturated rings. The highest BCUT2D eigenvalue weighted by Gasteiger charge is 2.11. The molecule has 110 valence electrons. The van der Waals surface area contributed by atoms with Crippen LogP contribution in [0.1, 0.15) is 22.0 Å². The van der Waals surface area contributed by atoms with E-state index in [1.54, 1.807) is 31.4 Å². The number of rotatable bonds is 6. The average molecular weight is 289 g/mol. The number of nitrogens with zero attached hydrogens (tertiary/aromatic N) is 1. The molecule has 1 unspecified atom stereocenters. The van der Waals surface area contributed by atoms with E-state index in [0.717, 1.165) is 0 Å². The first-order chi connectivity index (χ1) is 10.1. The van der Waals surface area contributed by atoms with Gasteiger partial charge in [-0.25, -0.2) is 4.79 Å². The van der Waals surface area contributed by atoms with E-state index in [0.29, 0.717) is 11.3 Å². The Hall–Kier alpha value is -2.60. The van der Waals surface area contributed by atoms with Gasteiger partial charge in [0.2, 0.25) is 0 Å². The fraction of sp³-hybridized carbons (Fsp3) is 0.200. The zero-order valence-electron chi connectivity index (χ0n) is 11.4. The number of carbonyl (C=O) groups is 1. The number of aromatic carboxylic acids is 1. The van der Waals surface area contributed by atoms with Crippen LogP contribution in [0.3, 0.4) is 0 Å². The summed E-state index contributed by atoms with van der Waals surface area (Å²) in [7, 11) is 1.55. The van der Waals surface area contributed by atoms with Crippen LogP contribution in [0.4, 0.5) is 0 Å². The Morgan fingerprint density at radius 3 is 2.81 bits per heavy atom. The Balaban J connectivity index is 2.01. The van der Waals surface area contributed by atoms with E-state index in [1.165, 1.54) is 18.5 Å². The molecule has 0 aliphatic rings. The third kappa shape index (κ3) is 3.93. The molecule has 1 atom stereocenters. The van der Waals surface area contributed by atoms with Gasteiger partial charge in [0.25, 0.3) is 0 Å². The molecule has 2 rings (SSSR count). The van der Waals surface area contributed by atoms with E-state index in [2.05, 4.69) is 4.98 Å². The van der Waals surface area contributed by atoms with Crippen molar-refractivity contribution in [3.63, 3.8) is 0 Å². The lowest BCUT2D eigenvalue weighted by Gasteiger charge is -2.13. The molecule has 0 bridgehead atoms. The smallest absolute Gasteiger partial charge is 0.337 e. The molecule has 0 aliphatic heterocycles. The molecular formula is C15H15NO5. The van der Waals surface area contributed by atoms with Crippen molar-refractivity contribution < 1.29 is 24.5 Å². The van der Waals surface area contributed by atoms with Gasteiger partial charge in [-0.2, -0.15) is 0 Å². The van der Waals surface area contributed by atoms with Gasteiger partial charge in [0, 0.05) is 6.20 Å². The first-order valence-electron chi connectivity index (χ1n) is 6.23. The zero-order valence-corrected chi connectivity index (χ0v) is 11.4. The minimum Gasteiger partial charge on any atom is -0.497 e. The van der Waals surface area contributed by atoms with Crippen LogP contribution < -0.4 is 9.47 Å². The van der Waals surface area contributed by atoms with Crippen LogP contribution in [0.5, 0.6) is 11.5 Å². The minimum absolute atomic E-state index is 0.0160. The number of aromatic nitrogens is 1. The Morgan fingerprint density at radius 1 is 1.29 bits per heavy atom. The first-order valence-corrected chi connectivity index (χ1v) is 6.23. The third-order valence-corrected chi connectivity index (χ3v) is 2.85. The van der Waals surface area contributed by atoms with E-state index in [9.17, 15) is 9.90 Å². The second-order valence-electron chi connectivity index (χ2n) is 4.32. The average Bonchev–Trinajstić information content (AvgIpc) is 2.53. The van der Waals surface area contributed by atoms with Gasteiger partial charge in [-0.3, -0.25) is 4.98 Å². The molecule has 21 heavy (non-hydrogen) atoms. The van der Waals surface area contributed by atoms with E-state index < -0.39 is 12.1 Å². The zero-order chi connectivity index (χ0) is 15.2. The summed E-state index contributed by atoms with van der Waals surface area (Å²) in [5, 5.41) is 18.9. The van der Waals surface area contributed by atoms with Crippen LogP contribution >= 0.6 is 0 Å². The number of benzene rings is 1. The Morgan fingerprint density at radius 2 is 2.10 bits per heavy atom. The molecular weight excluding hydrogens is 274 g/mol. The highest BCUT2D eigenvalue weighted by atomic mass is 16.5. The predicted octanol–water partition coefficient (Wildman–Crippen LogP) is 1.90. The molecule has 0 saturated carbocycles. The molecule has 1 aromatic heterocycles. The van der Waals surface area contributed by atoms with E-state index in [1.807, 2.05) is 0 Å². The molecule has 6 nitrogen and oxygen atoms in total. The summed E-state index contributed by atoms with van der Waals surface area (Å²) in [6.45, 7) is -0.0160. The normalized spacial score (nSPS) is 11.7. The van der Waals surface area contributed by atoms with Crippen molar-refractivity contribution in [3.8, 4) is 11.5 Å². The number of hydrogen-bond acceptors (Lipinski definition) is 5. The van der Waals surface area contributed by atoms with Crippen molar-refractivity contribution in [2.24, 2.45) is 0 Å². The number of carboxylic acid groups (broad SMARTS) is 1.